The van der Waals surface area contributed by atoms with Crippen LogP contribution in [0.1, 0.15) is 10.4 Å². The molecule has 0 fully saturated rings. The fourth-order valence-electron chi connectivity index (χ4n) is 0.790. The predicted octanol–water partition coefficient (Wildman–Crippen LogP) is 1.60. The Labute approximate surface area is 77.8 Å². The maximum absolute atomic E-state index is 11.1. The topological polar surface area (TPSA) is 88.5 Å². The Bertz CT molecular complexity index is 411. The van der Waals surface area contributed by atoms with Crippen LogP contribution in [0.3, 0.4) is 0 Å². The molecule has 0 radical (unpaired) electrons. The SMILES string of the molecule is N#[N+]c1ccc(C(=O)O)c(Cl)c1[O-]. The number of aromatic carboxylic acids is 1. The number of carboxylic acids is 1. The van der Waals surface area contributed by atoms with Gasteiger partial charge in [0.2, 0.25) is 5.39 Å². The molecule has 66 valence electrons. The molecule has 0 aromatic heterocycles. The molecule has 0 unspecified atom stereocenters. The highest BCUT2D eigenvalue weighted by Crippen LogP contribution is 2.33. The Morgan fingerprint density at radius 1 is 1.62 bits per heavy atom. The van der Waals surface area contributed by atoms with Gasteiger partial charge in [0, 0.05) is 11.8 Å². The molecular formula is C7H3ClN2O3. The molecule has 0 saturated heterocycles. The molecular weight excluding hydrogens is 196 g/mol. The van der Waals surface area contributed by atoms with E-state index in [4.69, 9.17) is 22.1 Å². The lowest BCUT2D eigenvalue weighted by Gasteiger charge is -2.05. The van der Waals surface area contributed by atoms with Crippen LogP contribution in [-0.4, -0.2) is 11.1 Å². The molecule has 0 aliphatic rings. The maximum atomic E-state index is 11.1. The molecule has 5 nitrogen and oxygen atoms in total. The van der Waals surface area contributed by atoms with Gasteiger partial charge in [0.15, 0.2) is 4.98 Å². The van der Waals surface area contributed by atoms with Crippen LogP contribution in [0.2, 0.25) is 5.02 Å². The normalized spacial score (nSPS) is 9.23. The zero-order valence-corrected chi connectivity index (χ0v) is 6.95. The molecule has 0 aliphatic heterocycles. The largest absolute Gasteiger partial charge is 0.866 e. The first-order chi connectivity index (χ1) is 6.07. The van der Waals surface area contributed by atoms with E-state index in [1.807, 2.05) is 0 Å². The van der Waals surface area contributed by atoms with Gasteiger partial charge in [-0.05, 0) is 6.07 Å². The Morgan fingerprint density at radius 2 is 2.23 bits per heavy atom. The van der Waals surface area contributed by atoms with Crippen molar-refractivity contribution in [1.29, 1.82) is 5.39 Å². The van der Waals surface area contributed by atoms with Crippen LogP contribution in [0.25, 0.3) is 4.98 Å². The molecule has 1 aromatic rings. The van der Waals surface area contributed by atoms with E-state index in [0.717, 1.165) is 12.1 Å². The third-order valence-electron chi connectivity index (χ3n) is 1.41. The number of hydrogen-bond acceptors (Lipinski definition) is 3. The predicted molar refractivity (Wildman–Crippen MR) is 42.6 cm³/mol. The third kappa shape index (κ3) is 1.53. The first-order valence-electron chi connectivity index (χ1n) is 3.16. The number of benzene rings is 1. The van der Waals surface area contributed by atoms with Crippen LogP contribution in [0.4, 0.5) is 5.69 Å². The summed E-state index contributed by atoms with van der Waals surface area (Å²) in [5.74, 6) is -2.10. The fraction of sp³-hybridized carbons (Fsp3) is 0. The summed E-state index contributed by atoms with van der Waals surface area (Å²) in [6.45, 7) is 0. The average Bonchev–Trinajstić information content (AvgIpc) is 2.09. The molecule has 0 bridgehead atoms. The molecule has 1 aromatic carbocycles. The van der Waals surface area contributed by atoms with Gasteiger partial charge in [-0.2, -0.15) is 0 Å². The van der Waals surface area contributed by atoms with Crippen molar-refractivity contribution >= 4 is 23.3 Å². The van der Waals surface area contributed by atoms with Gasteiger partial charge in [-0.1, -0.05) is 11.6 Å². The highest BCUT2D eigenvalue weighted by atomic mass is 35.5. The van der Waals surface area contributed by atoms with E-state index in [-0.39, 0.29) is 11.3 Å². The third-order valence-corrected chi connectivity index (χ3v) is 1.79. The summed E-state index contributed by atoms with van der Waals surface area (Å²) in [6.07, 6.45) is 0. The van der Waals surface area contributed by atoms with Crippen molar-refractivity contribution in [2.45, 2.75) is 0 Å². The highest BCUT2D eigenvalue weighted by molar-refractivity contribution is 6.35. The van der Waals surface area contributed by atoms with Gasteiger partial charge in [0.05, 0.1) is 10.6 Å². The van der Waals surface area contributed by atoms with Crippen LogP contribution in [-0.2, 0) is 0 Å². The summed E-state index contributed by atoms with van der Waals surface area (Å²) < 4.78 is 0. The van der Waals surface area contributed by atoms with E-state index in [2.05, 4.69) is 4.98 Å². The number of diazo groups is 1. The first kappa shape index (κ1) is 9.29. The standard InChI is InChI=1S/C7H3ClN2O3/c8-5-3(7(12)13)1-2-4(10-9)6(5)11/h1-2H,(H-,11,12,13). The Morgan fingerprint density at radius 3 is 2.69 bits per heavy atom. The van der Waals surface area contributed by atoms with Crippen LogP contribution >= 0.6 is 11.6 Å². The van der Waals surface area contributed by atoms with Gasteiger partial charge in [-0.25, -0.2) is 4.79 Å². The summed E-state index contributed by atoms with van der Waals surface area (Å²) >= 11 is 5.41. The van der Waals surface area contributed by atoms with Gasteiger partial charge in [0.1, 0.15) is 0 Å². The first-order valence-corrected chi connectivity index (χ1v) is 3.53. The second kappa shape index (κ2) is 3.29. The van der Waals surface area contributed by atoms with Gasteiger partial charge in [-0.3, -0.25) is 0 Å². The average molecular weight is 199 g/mol. The second-order valence-corrected chi connectivity index (χ2v) is 2.56. The smallest absolute Gasteiger partial charge is 0.378 e. The van der Waals surface area contributed by atoms with Gasteiger partial charge in [0.25, 0.3) is 0 Å². The fourth-order valence-corrected chi connectivity index (χ4v) is 1.03. The number of rotatable bonds is 1. The van der Waals surface area contributed by atoms with E-state index in [1.165, 1.54) is 0 Å². The molecule has 0 spiro atoms. The maximum Gasteiger partial charge on any atom is 0.378 e. The lowest BCUT2D eigenvalue weighted by molar-refractivity contribution is -0.266. The summed E-state index contributed by atoms with van der Waals surface area (Å²) in [6, 6.07) is 2.18. The Hall–Kier alpha value is -1.80. The van der Waals surface area contributed by atoms with Crippen molar-refractivity contribution < 1.29 is 15.0 Å². The zero-order valence-electron chi connectivity index (χ0n) is 6.19. The molecule has 13 heavy (non-hydrogen) atoms. The molecule has 1 N–H and O–H groups in total. The summed E-state index contributed by atoms with van der Waals surface area (Å²) in [5, 5.41) is 27.4. The minimum Gasteiger partial charge on any atom is -0.866 e. The zero-order chi connectivity index (χ0) is 10.0. The summed E-state index contributed by atoms with van der Waals surface area (Å²) in [7, 11) is 0. The van der Waals surface area contributed by atoms with Crippen LogP contribution in [0.15, 0.2) is 12.1 Å². The minimum atomic E-state index is -1.30. The van der Waals surface area contributed by atoms with Gasteiger partial charge >= 0.3 is 11.7 Å². The van der Waals surface area contributed by atoms with Crippen molar-refractivity contribution in [3.05, 3.63) is 27.7 Å². The van der Waals surface area contributed by atoms with E-state index in [0.29, 0.717) is 0 Å². The molecule has 1 rings (SSSR count). The number of carboxylic acid groups (broad SMARTS) is 1. The molecule has 6 heteroatoms. The molecule has 0 atom stereocenters. The Kier molecular flexibility index (Phi) is 2.35. The van der Waals surface area contributed by atoms with Crippen molar-refractivity contribution in [2.24, 2.45) is 0 Å². The Balaban J connectivity index is 3.42. The lowest BCUT2D eigenvalue weighted by Crippen LogP contribution is -2.00. The molecule has 0 saturated carbocycles. The summed E-state index contributed by atoms with van der Waals surface area (Å²) in [5.41, 5.74) is -0.589. The van der Waals surface area contributed by atoms with Crippen LogP contribution in [0.5, 0.6) is 5.75 Å². The van der Waals surface area contributed by atoms with Crippen molar-refractivity contribution in [3.8, 4) is 5.75 Å². The quantitative estimate of drug-likeness (QED) is 0.694. The van der Waals surface area contributed by atoms with E-state index < -0.39 is 16.7 Å². The van der Waals surface area contributed by atoms with E-state index >= 15 is 0 Å². The van der Waals surface area contributed by atoms with Crippen molar-refractivity contribution in [3.63, 3.8) is 0 Å². The number of hydrogen-bond donors (Lipinski definition) is 1. The number of nitrogens with zero attached hydrogens (tertiary/aromatic N) is 2. The highest BCUT2D eigenvalue weighted by Gasteiger charge is 2.16. The van der Waals surface area contributed by atoms with Gasteiger partial charge in [-0.15, -0.1) is 0 Å². The molecule has 0 amide bonds. The lowest BCUT2D eigenvalue weighted by atomic mass is 10.2. The van der Waals surface area contributed by atoms with Crippen molar-refractivity contribution in [2.75, 3.05) is 0 Å². The minimum absolute atomic E-state index is 0.282. The monoisotopic (exact) mass is 198 g/mol. The summed E-state index contributed by atoms with van der Waals surface area (Å²) in [4.78, 5) is 13.1. The van der Waals surface area contributed by atoms with Crippen LogP contribution in [0, 0.1) is 5.39 Å². The van der Waals surface area contributed by atoms with Crippen LogP contribution < -0.4 is 5.11 Å². The van der Waals surface area contributed by atoms with Gasteiger partial charge < -0.3 is 10.2 Å². The number of halogens is 1. The number of carbonyl (C=O) groups is 1. The van der Waals surface area contributed by atoms with Crippen molar-refractivity contribution in [1.82, 2.24) is 0 Å². The molecule has 0 heterocycles. The second-order valence-electron chi connectivity index (χ2n) is 2.18. The van der Waals surface area contributed by atoms with E-state index in [1.54, 1.807) is 0 Å². The van der Waals surface area contributed by atoms with E-state index in [9.17, 15) is 9.90 Å². The molecule has 0 aliphatic carbocycles.